The highest BCUT2D eigenvalue weighted by Gasteiger charge is 2.27. The zero-order valence-electron chi connectivity index (χ0n) is 14.6. The molecule has 0 saturated carbocycles. The summed E-state index contributed by atoms with van der Waals surface area (Å²) in [5, 5.41) is 2.70. The largest absolute Gasteiger partial charge is 0.359 e. The van der Waals surface area contributed by atoms with Gasteiger partial charge in [0, 0.05) is 31.6 Å². The van der Waals surface area contributed by atoms with Crippen molar-refractivity contribution in [1.29, 1.82) is 0 Å². The Morgan fingerprint density at radius 1 is 1.00 bits per heavy atom. The lowest BCUT2D eigenvalue weighted by Crippen LogP contribution is -2.42. The molecule has 1 aliphatic heterocycles. The Kier molecular flexibility index (Phi) is 5.49. The highest BCUT2D eigenvalue weighted by atomic mass is 16.2. The van der Waals surface area contributed by atoms with Gasteiger partial charge < -0.3 is 10.2 Å². The van der Waals surface area contributed by atoms with Gasteiger partial charge >= 0.3 is 0 Å². The fourth-order valence-electron chi connectivity index (χ4n) is 3.42. The van der Waals surface area contributed by atoms with E-state index in [4.69, 9.17) is 0 Å². The summed E-state index contributed by atoms with van der Waals surface area (Å²) in [6, 6.07) is 18.0. The van der Waals surface area contributed by atoms with Crippen LogP contribution in [0.5, 0.6) is 0 Å². The fraction of sp³-hybridized carbons (Fsp3) is 0.333. The van der Waals surface area contributed by atoms with Crippen LogP contribution < -0.4 is 5.32 Å². The lowest BCUT2D eigenvalue weighted by atomic mass is 9.94. The maximum Gasteiger partial charge on any atom is 0.254 e. The average molecular weight is 336 g/mol. The number of hydrogen-bond donors (Lipinski definition) is 1. The van der Waals surface area contributed by atoms with Crippen molar-refractivity contribution in [1.82, 2.24) is 10.2 Å². The zero-order valence-corrected chi connectivity index (χ0v) is 14.6. The molecule has 0 atom stereocenters. The van der Waals surface area contributed by atoms with Crippen LogP contribution in [-0.2, 0) is 11.2 Å². The van der Waals surface area contributed by atoms with Crippen molar-refractivity contribution >= 4 is 11.8 Å². The summed E-state index contributed by atoms with van der Waals surface area (Å²) >= 11 is 0. The van der Waals surface area contributed by atoms with Crippen LogP contribution in [0.3, 0.4) is 0 Å². The molecule has 0 aromatic heterocycles. The number of nitrogens with zero attached hydrogens (tertiary/aromatic N) is 1. The molecule has 0 spiro atoms. The maximum atomic E-state index is 13.0. The van der Waals surface area contributed by atoms with E-state index in [2.05, 4.69) is 17.4 Å². The van der Waals surface area contributed by atoms with E-state index < -0.39 is 0 Å². The molecule has 0 radical (unpaired) electrons. The number of hydrogen-bond acceptors (Lipinski definition) is 2. The van der Waals surface area contributed by atoms with Gasteiger partial charge in [-0.15, -0.1) is 0 Å². The molecular formula is C21H24N2O2. The molecule has 1 fully saturated rings. The van der Waals surface area contributed by atoms with Gasteiger partial charge in [-0.3, -0.25) is 9.59 Å². The Morgan fingerprint density at radius 2 is 1.64 bits per heavy atom. The van der Waals surface area contributed by atoms with Crippen molar-refractivity contribution in [3.63, 3.8) is 0 Å². The molecule has 0 bridgehead atoms. The van der Waals surface area contributed by atoms with Crippen LogP contribution in [0.4, 0.5) is 0 Å². The van der Waals surface area contributed by atoms with E-state index in [9.17, 15) is 9.59 Å². The summed E-state index contributed by atoms with van der Waals surface area (Å²) < 4.78 is 0. The van der Waals surface area contributed by atoms with Gasteiger partial charge in [-0.1, -0.05) is 48.5 Å². The number of likely N-dealkylation sites (tertiary alicyclic amines) is 1. The van der Waals surface area contributed by atoms with Gasteiger partial charge in [0.1, 0.15) is 0 Å². The quantitative estimate of drug-likeness (QED) is 0.933. The lowest BCUT2D eigenvalue weighted by Gasteiger charge is -2.31. The van der Waals surface area contributed by atoms with Gasteiger partial charge in [-0.2, -0.15) is 0 Å². The van der Waals surface area contributed by atoms with Crippen LogP contribution in [0.1, 0.15) is 34.3 Å². The number of piperidine rings is 1. The van der Waals surface area contributed by atoms with E-state index in [1.165, 1.54) is 5.56 Å². The van der Waals surface area contributed by atoms with E-state index >= 15 is 0 Å². The van der Waals surface area contributed by atoms with Crippen LogP contribution in [0.25, 0.3) is 0 Å². The molecule has 1 heterocycles. The molecule has 0 aliphatic carbocycles. The van der Waals surface area contributed by atoms with E-state index in [-0.39, 0.29) is 17.7 Å². The van der Waals surface area contributed by atoms with Crippen LogP contribution in [0.2, 0.25) is 0 Å². The molecule has 4 nitrogen and oxygen atoms in total. The SMILES string of the molecule is CNC(=O)C1CCN(C(=O)c2ccccc2Cc2ccccc2)CC1. The summed E-state index contributed by atoms with van der Waals surface area (Å²) in [5.41, 5.74) is 3.01. The smallest absolute Gasteiger partial charge is 0.254 e. The molecule has 3 rings (SSSR count). The number of amides is 2. The van der Waals surface area contributed by atoms with E-state index in [0.29, 0.717) is 13.1 Å². The molecule has 2 aromatic rings. The van der Waals surface area contributed by atoms with Crippen LogP contribution in [-0.4, -0.2) is 36.9 Å². The second-order valence-corrected chi connectivity index (χ2v) is 6.50. The van der Waals surface area contributed by atoms with Crippen molar-refractivity contribution in [3.05, 3.63) is 71.3 Å². The maximum absolute atomic E-state index is 13.0. The minimum atomic E-state index is 0.0219. The Hall–Kier alpha value is -2.62. The first kappa shape index (κ1) is 17.2. The molecule has 0 unspecified atom stereocenters. The number of rotatable bonds is 4. The van der Waals surface area contributed by atoms with Crippen molar-refractivity contribution < 1.29 is 9.59 Å². The first-order chi connectivity index (χ1) is 12.2. The van der Waals surface area contributed by atoms with Gasteiger partial charge in [-0.25, -0.2) is 0 Å². The van der Waals surface area contributed by atoms with Gasteiger partial charge in [-0.05, 0) is 36.5 Å². The highest BCUT2D eigenvalue weighted by Crippen LogP contribution is 2.22. The first-order valence-corrected chi connectivity index (χ1v) is 8.81. The fourth-order valence-corrected chi connectivity index (χ4v) is 3.42. The summed E-state index contributed by atoms with van der Waals surface area (Å²) in [5.74, 6) is 0.173. The minimum Gasteiger partial charge on any atom is -0.359 e. The third kappa shape index (κ3) is 4.08. The Bertz CT molecular complexity index is 735. The molecule has 1 N–H and O–H groups in total. The molecule has 2 aromatic carbocycles. The Morgan fingerprint density at radius 3 is 2.32 bits per heavy atom. The third-order valence-electron chi connectivity index (χ3n) is 4.88. The average Bonchev–Trinajstić information content (AvgIpc) is 2.68. The summed E-state index contributed by atoms with van der Waals surface area (Å²) in [6.45, 7) is 1.27. The van der Waals surface area contributed by atoms with Crippen molar-refractivity contribution in [3.8, 4) is 0 Å². The van der Waals surface area contributed by atoms with E-state index in [1.54, 1.807) is 7.05 Å². The summed E-state index contributed by atoms with van der Waals surface area (Å²) in [6.07, 6.45) is 2.20. The summed E-state index contributed by atoms with van der Waals surface area (Å²) in [7, 11) is 1.67. The van der Waals surface area contributed by atoms with Gasteiger partial charge in [0.05, 0.1) is 0 Å². The van der Waals surface area contributed by atoms with Crippen LogP contribution >= 0.6 is 0 Å². The van der Waals surface area contributed by atoms with Crippen LogP contribution in [0, 0.1) is 5.92 Å². The molecular weight excluding hydrogens is 312 g/mol. The molecule has 1 saturated heterocycles. The minimum absolute atomic E-state index is 0.0219. The Labute approximate surface area is 148 Å². The second kappa shape index (κ2) is 7.97. The number of nitrogens with one attached hydrogen (secondary N) is 1. The summed E-state index contributed by atoms with van der Waals surface area (Å²) in [4.78, 5) is 26.6. The van der Waals surface area contributed by atoms with E-state index in [1.807, 2.05) is 47.4 Å². The topological polar surface area (TPSA) is 49.4 Å². The predicted octanol–water partition coefficient (Wildman–Crippen LogP) is 2.88. The number of carbonyl (C=O) groups excluding carboxylic acids is 2. The monoisotopic (exact) mass is 336 g/mol. The highest BCUT2D eigenvalue weighted by molar-refractivity contribution is 5.96. The van der Waals surface area contributed by atoms with Gasteiger partial charge in [0.15, 0.2) is 0 Å². The second-order valence-electron chi connectivity index (χ2n) is 6.50. The number of benzene rings is 2. The predicted molar refractivity (Wildman–Crippen MR) is 98.4 cm³/mol. The third-order valence-corrected chi connectivity index (χ3v) is 4.88. The van der Waals surface area contributed by atoms with Gasteiger partial charge in [0.2, 0.25) is 5.91 Å². The zero-order chi connectivity index (χ0) is 17.6. The van der Waals surface area contributed by atoms with Crippen molar-refractivity contribution in [2.45, 2.75) is 19.3 Å². The normalized spacial score (nSPS) is 15.0. The van der Waals surface area contributed by atoms with Gasteiger partial charge in [0.25, 0.3) is 5.91 Å². The Balaban J connectivity index is 1.72. The lowest BCUT2D eigenvalue weighted by molar-refractivity contribution is -0.125. The van der Waals surface area contributed by atoms with E-state index in [0.717, 1.165) is 30.4 Å². The first-order valence-electron chi connectivity index (χ1n) is 8.81. The van der Waals surface area contributed by atoms with Crippen molar-refractivity contribution in [2.24, 2.45) is 5.92 Å². The molecule has 2 amide bonds. The van der Waals surface area contributed by atoms with Crippen molar-refractivity contribution in [2.75, 3.05) is 20.1 Å². The molecule has 130 valence electrons. The molecule has 25 heavy (non-hydrogen) atoms. The van der Waals surface area contributed by atoms with Crippen LogP contribution in [0.15, 0.2) is 54.6 Å². The molecule has 1 aliphatic rings. The molecule has 4 heteroatoms. The standard InChI is InChI=1S/C21H24N2O2/c1-22-20(24)17-11-13-23(14-12-17)21(25)19-10-6-5-9-18(19)15-16-7-3-2-4-8-16/h2-10,17H,11-15H2,1H3,(H,22,24). The number of carbonyl (C=O) groups is 2.